The van der Waals surface area contributed by atoms with Crippen molar-refractivity contribution >= 4 is 33.0 Å². The average molecular weight is 329 g/mol. The number of aryl methyl sites for hydroxylation is 1. The Morgan fingerprint density at radius 2 is 2.17 bits per heavy atom. The fourth-order valence-electron chi connectivity index (χ4n) is 1.59. The van der Waals surface area contributed by atoms with Crippen LogP contribution in [0.2, 0.25) is 0 Å². The van der Waals surface area contributed by atoms with E-state index >= 15 is 0 Å². The quantitative estimate of drug-likeness (QED) is 0.789. The van der Waals surface area contributed by atoms with E-state index in [4.69, 9.17) is 4.74 Å². The lowest BCUT2D eigenvalue weighted by atomic mass is 10.1. The van der Waals surface area contributed by atoms with Crippen molar-refractivity contribution in [1.29, 1.82) is 0 Å². The second kappa shape index (κ2) is 5.20. The number of hydrogen-bond acceptors (Lipinski definition) is 3. The third-order valence-corrected chi connectivity index (χ3v) is 4.64. The summed E-state index contributed by atoms with van der Waals surface area (Å²) in [6.07, 6.45) is 0. The summed E-state index contributed by atoms with van der Waals surface area (Å²) in [7, 11) is 1.42. The summed E-state index contributed by atoms with van der Waals surface area (Å²) in [5.41, 5.74) is -0.0197. The molecule has 1 heterocycles. The lowest BCUT2D eigenvalue weighted by Gasteiger charge is -2.07. The van der Waals surface area contributed by atoms with Crippen molar-refractivity contribution in [2.24, 2.45) is 0 Å². The molecule has 0 amide bonds. The molecule has 0 saturated carbocycles. The van der Waals surface area contributed by atoms with Gasteiger partial charge in [0.25, 0.3) is 0 Å². The normalized spacial score (nSPS) is 10.4. The molecule has 0 saturated heterocycles. The average Bonchev–Trinajstić information content (AvgIpc) is 2.68. The highest BCUT2D eigenvalue weighted by atomic mass is 79.9. The lowest BCUT2D eigenvalue weighted by Crippen LogP contribution is -2.05. The van der Waals surface area contributed by atoms with Crippen LogP contribution in [-0.4, -0.2) is 12.9 Å². The number of ether oxygens (including phenoxy) is 1. The van der Waals surface area contributed by atoms with Crippen molar-refractivity contribution in [3.63, 3.8) is 0 Å². The van der Waals surface area contributed by atoms with Crippen molar-refractivity contribution in [1.82, 2.24) is 0 Å². The van der Waals surface area contributed by atoms with Crippen LogP contribution in [-0.2, 0) is 0 Å². The molecule has 0 unspecified atom stereocenters. The zero-order valence-corrected chi connectivity index (χ0v) is 12.2. The van der Waals surface area contributed by atoms with Crippen LogP contribution in [0.4, 0.5) is 4.39 Å². The number of ketones is 1. The van der Waals surface area contributed by atoms with Gasteiger partial charge in [0, 0.05) is 9.35 Å². The van der Waals surface area contributed by atoms with E-state index in [2.05, 4.69) is 15.9 Å². The number of carbonyl (C=O) groups is 1. The fraction of sp³-hybridized carbons (Fsp3) is 0.154. The largest absolute Gasteiger partial charge is 0.496 e. The Kier molecular flexibility index (Phi) is 3.82. The van der Waals surface area contributed by atoms with E-state index in [1.165, 1.54) is 30.6 Å². The number of benzene rings is 1. The molecular formula is C13H10BrFO2S. The van der Waals surface area contributed by atoms with Gasteiger partial charge in [0.1, 0.15) is 17.1 Å². The SMILES string of the molecule is COc1cccc(F)c1C(=O)c1cc(Br)c(C)s1. The van der Waals surface area contributed by atoms with Gasteiger partial charge in [-0.2, -0.15) is 0 Å². The molecule has 1 aromatic heterocycles. The minimum Gasteiger partial charge on any atom is -0.496 e. The smallest absolute Gasteiger partial charge is 0.209 e. The van der Waals surface area contributed by atoms with Gasteiger partial charge in [-0.05, 0) is 41.1 Å². The maximum Gasteiger partial charge on any atom is 0.209 e. The van der Waals surface area contributed by atoms with Crippen molar-refractivity contribution in [2.45, 2.75) is 6.92 Å². The van der Waals surface area contributed by atoms with Crippen LogP contribution < -0.4 is 4.74 Å². The van der Waals surface area contributed by atoms with Gasteiger partial charge in [-0.3, -0.25) is 4.79 Å². The molecule has 0 radical (unpaired) electrons. The predicted molar refractivity (Wildman–Crippen MR) is 73.1 cm³/mol. The Labute approximate surface area is 117 Å². The Morgan fingerprint density at radius 3 is 2.72 bits per heavy atom. The van der Waals surface area contributed by atoms with Gasteiger partial charge in [-0.15, -0.1) is 11.3 Å². The van der Waals surface area contributed by atoms with Crippen molar-refractivity contribution in [3.8, 4) is 5.75 Å². The van der Waals surface area contributed by atoms with Crippen molar-refractivity contribution in [2.75, 3.05) is 7.11 Å². The minimum absolute atomic E-state index is 0.0197. The monoisotopic (exact) mass is 328 g/mol. The number of hydrogen-bond donors (Lipinski definition) is 0. The molecule has 94 valence electrons. The number of thiophene rings is 1. The molecule has 0 N–H and O–H groups in total. The summed E-state index contributed by atoms with van der Waals surface area (Å²) in [4.78, 5) is 13.8. The van der Waals surface area contributed by atoms with E-state index in [1.807, 2.05) is 6.92 Å². The number of rotatable bonds is 3. The molecule has 0 spiro atoms. The number of halogens is 2. The van der Waals surface area contributed by atoms with E-state index in [0.29, 0.717) is 4.88 Å². The molecule has 2 aromatic rings. The zero-order valence-electron chi connectivity index (χ0n) is 9.79. The van der Waals surface area contributed by atoms with Gasteiger partial charge in [0.15, 0.2) is 0 Å². The van der Waals surface area contributed by atoms with Crippen LogP contribution in [0.15, 0.2) is 28.7 Å². The maximum absolute atomic E-state index is 13.8. The molecule has 0 atom stereocenters. The predicted octanol–water partition coefficient (Wildman–Crippen LogP) is 4.20. The van der Waals surface area contributed by atoms with Crippen LogP contribution in [0.5, 0.6) is 5.75 Å². The van der Waals surface area contributed by atoms with Gasteiger partial charge >= 0.3 is 0 Å². The minimum atomic E-state index is -0.568. The summed E-state index contributed by atoms with van der Waals surface area (Å²) in [6, 6.07) is 6.05. The van der Waals surface area contributed by atoms with Gasteiger partial charge in [0.05, 0.1) is 12.0 Å². The van der Waals surface area contributed by atoms with Gasteiger partial charge in [-0.1, -0.05) is 6.07 Å². The molecule has 2 rings (SSSR count). The highest BCUT2D eigenvalue weighted by Crippen LogP contribution is 2.31. The summed E-state index contributed by atoms with van der Waals surface area (Å²) in [5, 5.41) is 0. The van der Waals surface area contributed by atoms with Crippen LogP contribution in [0, 0.1) is 12.7 Å². The molecule has 0 aliphatic rings. The fourth-order valence-corrected chi connectivity index (χ4v) is 3.07. The Morgan fingerprint density at radius 1 is 1.44 bits per heavy atom. The van der Waals surface area contributed by atoms with E-state index in [0.717, 1.165) is 9.35 Å². The van der Waals surface area contributed by atoms with E-state index in [-0.39, 0.29) is 17.1 Å². The third-order valence-electron chi connectivity index (χ3n) is 2.50. The first-order valence-electron chi connectivity index (χ1n) is 5.17. The van der Waals surface area contributed by atoms with Gasteiger partial charge < -0.3 is 4.74 Å². The molecule has 2 nitrogen and oxygen atoms in total. The number of carbonyl (C=O) groups excluding carboxylic acids is 1. The summed E-state index contributed by atoms with van der Waals surface area (Å²) in [6.45, 7) is 1.89. The highest BCUT2D eigenvalue weighted by Gasteiger charge is 2.21. The molecule has 0 fully saturated rings. The van der Waals surface area contributed by atoms with E-state index in [9.17, 15) is 9.18 Å². The van der Waals surface area contributed by atoms with E-state index < -0.39 is 5.82 Å². The molecule has 1 aromatic carbocycles. The second-order valence-corrected chi connectivity index (χ2v) is 5.77. The van der Waals surface area contributed by atoms with Gasteiger partial charge in [-0.25, -0.2) is 4.39 Å². The van der Waals surface area contributed by atoms with Gasteiger partial charge in [0.2, 0.25) is 5.78 Å². The van der Waals surface area contributed by atoms with Crippen LogP contribution in [0.1, 0.15) is 20.1 Å². The molecule has 18 heavy (non-hydrogen) atoms. The first-order chi connectivity index (χ1) is 8.54. The van der Waals surface area contributed by atoms with Crippen LogP contribution in [0.25, 0.3) is 0 Å². The Balaban J connectivity index is 2.52. The summed E-state index contributed by atoms with van der Waals surface area (Å²) >= 11 is 4.67. The summed E-state index contributed by atoms with van der Waals surface area (Å²) < 4.78 is 19.7. The Bertz CT molecular complexity index is 588. The third kappa shape index (κ3) is 2.33. The van der Waals surface area contributed by atoms with Crippen LogP contribution >= 0.6 is 27.3 Å². The van der Waals surface area contributed by atoms with Crippen LogP contribution in [0.3, 0.4) is 0 Å². The second-order valence-electron chi connectivity index (χ2n) is 3.66. The van der Waals surface area contributed by atoms with E-state index in [1.54, 1.807) is 12.1 Å². The van der Waals surface area contributed by atoms with Crippen molar-refractivity contribution < 1.29 is 13.9 Å². The summed E-state index contributed by atoms with van der Waals surface area (Å²) in [5.74, 6) is -0.674. The topological polar surface area (TPSA) is 26.3 Å². The molecular weight excluding hydrogens is 319 g/mol. The van der Waals surface area contributed by atoms with Crippen molar-refractivity contribution in [3.05, 3.63) is 49.9 Å². The number of methoxy groups -OCH3 is 1. The lowest BCUT2D eigenvalue weighted by molar-refractivity contribution is 0.103. The molecule has 0 aliphatic carbocycles. The molecule has 5 heteroatoms. The first kappa shape index (κ1) is 13.2. The maximum atomic E-state index is 13.8. The molecule has 0 aliphatic heterocycles. The first-order valence-corrected chi connectivity index (χ1v) is 6.78. The highest BCUT2D eigenvalue weighted by molar-refractivity contribution is 9.10. The zero-order chi connectivity index (χ0) is 13.3. The standard InChI is InChI=1S/C13H10BrFO2S/c1-7-8(14)6-11(18-7)13(16)12-9(15)4-3-5-10(12)17-2/h3-6H,1-2H3. The Hall–Kier alpha value is -1.20. The molecule has 0 bridgehead atoms.